The summed E-state index contributed by atoms with van der Waals surface area (Å²) in [6, 6.07) is 8.70. The Kier molecular flexibility index (Phi) is 4.23. The summed E-state index contributed by atoms with van der Waals surface area (Å²) in [4.78, 5) is 10.8. The second-order valence-electron chi connectivity index (χ2n) is 4.44. The third kappa shape index (κ3) is 3.37. The first kappa shape index (κ1) is 13.2. The van der Waals surface area contributed by atoms with Crippen molar-refractivity contribution in [2.45, 2.75) is 26.2 Å². The van der Waals surface area contributed by atoms with Crippen LogP contribution in [-0.2, 0) is 6.42 Å². The maximum Gasteiger partial charge on any atom is 0.335 e. The van der Waals surface area contributed by atoms with Crippen LogP contribution in [0.1, 0.15) is 35.7 Å². The van der Waals surface area contributed by atoms with Crippen LogP contribution in [0.25, 0.3) is 11.3 Å². The third-order valence-electron chi connectivity index (χ3n) is 2.96. The number of aryl methyl sites for hydroxylation is 1. The molecule has 4 nitrogen and oxygen atoms in total. The summed E-state index contributed by atoms with van der Waals surface area (Å²) in [7, 11) is 0. The van der Waals surface area contributed by atoms with Gasteiger partial charge in [0.1, 0.15) is 0 Å². The van der Waals surface area contributed by atoms with Gasteiger partial charge in [-0.2, -0.15) is 10.2 Å². The Bertz CT molecular complexity index is 565. The monoisotopic (exact) mass is 256 g/mol. The lowest BCUT2D eigenvalue weighted by molar-refractivity contribution is 0.0697. The van der Waals surface area contributed by atoms with Gasteiger partial charge in [-0.3, -0.25) is 0 Å². The molecular formula is C15H16N2O2. The van der Waals surface area contributed by atoms with Crippen LogP contribution < -0.4 is 0 Å². The van der Waals surface area contributed by atoms with Crippen LogP contribution in [-0.4, -0.2) is 21.3 Å². The summed E-state index contributed by atoms with van der Waals surface area (Å²) in [6.07, 6.45) is 5.05. The highest BCUT2D eigenvalue weighted by atomic mass is 16.4. The summed E-state index contributed by atoms with van der Waals surface area (Å²) in [5, 5.41) is 17.0. The Balaban J connectivity index is 2.23. The number of hydrogen-bond acceptors (Lipinski definition) is 3. The fraction of sp³-hybridized carbons (Fsp3) is 0.267. The summed E-state index contributed by atoms with van der Waals surface area (Å²) in [5.41, 5.74) is 3.11. The minimum atomic E-state index is -0.922. The van der Waals surface area contributed by atoms with Crippen LogP contribution in [0.5, 0.6) is 0 Å². The first-order valence-corrected chi connectivity index (χ1v) is 6.36. The van der Waals surface area contributed by atoms with E-state index in [0.29, 0.717) is 0 Å². The van der Waals surface area contributed by atoms with Crippen LogP contribution in [0.15, 0.2) is 36.5 Å². The molecular weight excluding hydrogens is 240 g/mol. The number of unbranched alkanes of at least 4 members (excludes halogenated alkanes) is 1. The molecule has 1 aromatic heterocycles. The van der Waals surface area contributed by atoms with Crippen LogP contribution in [0, 0.1) is 0 Å². The smallest absolute Gasteiger partial charge is 0.335 e. The molecule has 0 fully saturated rings. The van der Waals surface area contributed by atoms with Crippen molar-refractivity contribution < 1.29 is 9.90 Å². The van der Waals surface area contributed by atoms with E-state index < -0.39 is 5.97 Å². The van der Waals surface area contributed by atoms with E-state index in [1.165, 1.54) is 0 Å². The molecule has 4 heteroatoms. The van der Waals surface area contributed by atoms with Gasteiger partial charge in [-0.15, -0.1) is 0 Å². The van der Waals surface area contributed by atoms with Crippen molar-refractivity contribution in [2.75, 3.05) is 0 Å². The molecule has 1 N–H and O–H groups in total. The average molecular weight is 256 g/mol. The molecule has 0 atom stereocenters. The van der Waals surface area contributed by atoms with Crippen molar-refractivity contribution in [1.29, 1.82) is 0 Å². The van der Waals surface area contributed by atoms with E-state index in [1.54, 1.807) is 30.5 Å². The molecule has 0 aliphatic rings. The van der Waals surface area contributed by atoms with Crippen molar-refractivity contribution >= 4 is 5.97 Å². The Hall–Kier alpha value is -2.23. The molecule has 0 amide bonds. The first-order chi connectivity index (χ1) is 9.20. The average Bonchev–Trinajstić information content (AvgIpc) is 2.45. The van der Waals surface area contributed by atoms with Crippen molar-refractivity contribution in [2.24, 2.45) is 0 Å². The molecule has 0 saturated carbocycles. The standard InChI is InChI=1S/C15H16N2O2/c1-2-3-4-11-9-14(17-16-10-11)12-5-7-13(8-6-12)15(18)19/h5-10H,2-4H2,1H3,(H,18,19). The van der Waals surface area contributed by atoms with Crippen molar-refractivity contribution in [3.63, 3.8) is 0 Å². The fourth-order valence-electron chi connectivity index (χ4n) is 1.85. The van der Waals surface area contributed by atoms with Crippen LogP contribution >= 0.6 is 0 Å². The zero-order valence-electron chi connectivity index (χ0n) is 10.8. The van der Waals surface area contributed by atoms with Gasteiger partial charge in [0.2, 0.25) is 0 Å². The molecule has 0 bridgehead atoms. The maximum absolute atomic E-state index is 10.8. The largest absolute Gasteiger partial charge is 0.478 e. The highest BCUT2D eigenvalue weighted by molar-refractivity contribution is 5.88. The maximum atomic E-state index is 10.8. The highest BCUT2D eigenvalue weighted by Crippen LogP contribution is 2.18. The Morgan fingerprint density at radius 3 is 2.63 bits per heavy atom. The molecule has 1 aromatic carbocycles. The van der Waals surface area contributed by atoms with Crippen molar-refractivity contribution in [3.05, 3.63) is 47.7 Å². The Labute approximate surface area is 112 Å². The van der Waals surface area contributed by atoms with E-state index in [2.05, 4.69) is 17.1 Å². The number of rotatable bonds is 5. The Morgan fingerprint density at radius 2 is 2.00 bits per heavy atom. The zero-order chi connectivity index (χ0) is 13.7. The normalized spacial score (nSPS) is 10.4. The molecule has 1 heterocycles. The zero-order valence-corrected chi connectivity index (χ0v) is 10.8. The highest BCUT2D eigenvalue weighted by Gasteiger charge is 2.05. The van der Waals surface area contributed by atoms with Gasteiger partial charge in [-0.25, -0.2) is 4.79 Å². The number of carboxylic acid groups (broad SMARTS) is 1. The lowest BCUT2D eigenvalue weighted by Crippen LogP contribution is -1.96. The number of aromatic carboxylic acids is 1. The number of carboxylic acids is 1. The van der Waals surface area contributed by atoms with Crippen molar-refractivity contribution in [3.8, 4) is 11.3 Å². The van der Waals surface area contributed by atoms with Gasteiger partial charge >= 0.3 is 5.97 Å². The lowest BCUT2D eigenvalue weighted by atomic mass is 10.1. The molecule has 0 spiro atoms. The van der Waals surface area contributed by atoms with Gasteiger partial charge in [0.15, 0.2) is 0 Å². The molecule has 0 aliphatic heterocycles. The van der Waals surface area contributed by atoms with E-state index in [9.17, 15) is 4.79 Å². The predicted octanol–water partition coefficient (Wildman–Crippen LogP) is 3.18. The van der Waals surface area contributed by atoms with E-state index >= 15 is 0 Å². The van der Waals surface area contributed by atoms with E-state index in [1.807, 2.05) is 6.07 Å². The van der Waals surface area contributed by atoms with Crippen molar-refractivity contribution in [1.82, 2.24) is 10.2 Å². The van der Waals surface area contributed by atoms with E-state index in [0.717, 1.165) is 36.1 Å². The number of carbonyl (C=O) groups is 1. The minimum absolute atomic E-state index is 0.277. The van der Waals surface area contributed by atoms with Crippen LogP contribution in [0.4, 0.5) is 0 Å². The number of nitrogens with zero attached hydrogens (tertiary/aromatic N) is 2. The summed E-state index contributed by atoms with van der Waals surface area (Å²) in [6.45, 7) is 2.15. The topological polar surface area (TPSA) is 63.1 Å². The number of hydrogen-bond donors (Lipinski definition) is 1. The fourth-order valence-corrected chi connectivity index (χ4v) is 1.85. The quantitative estimate of drug-likeness (QED) is 0.892. The molecule has 0 aliphatic carbocycles. The predicted molar refractivity (Wildman–Crippen MR) is 73.0 cm³/mol. The lowest BCUT2D eigenvalue weighted by Gasteiger charge is -2.03. The number of benzene rings is 1. The van der Waals surface area contributed by atoms with Gasteiger partial charge in [0.25, 0.3) is 0 Å². The molecule has 19 heavy (non-hydrogen) atoms. The second kappa shape index (κ2) is 6.09. The van der Waals surface area contributed by atoms with E-state index in [-0.39, 0.29) is 5.56 Å². The van der Waals surface area contributed by atoms with Crippen LogP contribution in [0.2, 0.25) is 0 Å². The second-order valence-corrected chi connectivity index (χ2v) is 4.44. The summed E-state index contributed by atoms with van der Waals surface area (Å²) >= 11 is 0. The molecule has 0 saturated heterocycles. The molecule has 98 valence electrons. The summed E-state index contributed by atoms with van der Waals surface area (Å²) < 4.78 is 0. The van der Waals surface area contributed by atoms with Gasteiger partial charge < -0.3 is 5.11 Å². The minimum Gasteiger partial charge on any atom is -0.478 e. The molecule has 0 radical (unpaired) electrons. The third-order valence-corrected chi connectivity index (χ3v) is 2.96. The Morgan fingerprint density at radius 1 is 1.26 bits per heavy atom. The number of aromatic nitrogens is 2. The summed E-state index contributed by atoms with van der Waals surface area (Å²) in [5.74, 6) is -0.922. The first-order valence-electron chi connectivity index (χ1n) is 6.36. The van der Waals surface area contributed by atoms with Gasteiger partial charge in [0, 0.05) is 5.56 Å². The van der Waals surface area contributed by atoms with Gasteiger partial charge in [0.05, 0.1) is 17.5 Å². The van der Waals surface area contributed by atoms with Crippen LogP contribution in [0.3, 0.4) is 0 Å². The molecule has 2 rings (SSSR count). The molecule has 2 aromatic rings. The van der Waals surface area contributed by atoms with Gasteiger partial charge in [-0.1, -0.05) is 25.5 Å². The van der Waals surface area contributed by atoms with Gasteiger partial charge in [-0.05, 0) is 36.6 Å². The SMILES string of the molecule is CCCCc1cnnc(-c2ccc(C(=O)O)cc2)c1. The molecule has 0 unspecified atom stereocenters. The van der Waals surface area contributed by atoms with E-state index in [4.69, 9.17) is 5.11 Å².